The molecular weight excluding hydrogens is 276 g/mol. The quantitative estimate of drug-likeness (QED) is 0.901. The number of nitrogens with zero attached hydrogens (tertiary/aromatic N) is 2. The minimum absolute atomic E-state index is 0.00231. The number of hydrogen-bond acceptors (Lipinski definition) is 5. The predicted octanol–water partition coefficient (Wildman–Crippen LogP) is 3.66. The van der Waals surface area contributed by atoms with Crippen molar-refractivity contribution in [2.45, 2.75) is 39.8 Å². The van der Waals surface area contributed by atoms with E-state index < -0.39 is 0 Å². The summed E-state index contributed by atoms with van der Waals surface area (Å²) in [6.45, 7) is 8.75. The highest BCUT2D eigenvalue weighted by Crippen LogP contribution is 2.25. The van der Waals surface area contributed by atoms with Gasteiger partial charge >= 0.3 is 6.01 Å². The van der Waals surface area contributed by atoms with Crippen molar-refractivity contribution in [1.29, 1.82) is 0 Å². The molecule has 1 heterocycles. The van der Waals surface area contributed by atoms with Crippen LogP contribution >= 0.6 is 11.6 Å². The minimum atomic E-state index is 0.00231. The van der Waals surface area contributed by atoms with Gasteiger partial charge in [-0.3, -0.25) is 0 Å². The van der Waals surface area contributed by atoms with Gasteiger partial charge in [-0.1, -0.05) is 22.8 Å². The van der Waals surface area contributed by atoms with E-state index in [1.807, 2.05) is 25.1 Å². The number of aromatic nitrogens is 2. The molecule has 2 rings (SSSR count). The van der Waals surface area contributed by atoms with Gasteiger partial charge in [-0.2, -0.15) is 0 Å². The molecule has 6 heteroatoms. The van der Waals surface area contributed by atoms with Gasteiger partial charge in [-0.15, -0.1) is 5.10 Å². The number of rotatable bonds is 4. The fraction of sp³-hybridized carbons (Fsp3) is 0.429. The van der Waals surface area contributed by atoms with E-state index in [1.165, 1.54) is 0 Å². The van der Waals surface area contributed by atoms with Gasteiger partial charge in [-0.25, -0.2) is 0 Å². The van der Waals surface area contributed by atoms with Gasteiger partial charge in [0.15, 0.2) is 0 Å². The molecule has 1 aromatic carbocycles. The molecule has 2 N–H and O–H groups in total. The molecular formula is C14H19ClN4O. The second-order valence-corrected chi connectivity index (χ2v) is 6.12. The summed E-state index contributed by atoms with van der Waals surface area (Å²) >= 11 is 6.14. The van der Waals surface area contributed by atoms with E-state index in [2.05, 4.69) is 41.6 Å². The molecule has 0 atom stereocenters. The third kappa shape index (κ3) is 4.21. The van der Waals surface area contributed by atoms with Gasteiger partial charge in [0.2, 0.25) is 5.89 Å². The number of halogens is 1. The summed E-state index contributed by atoms with van der Waals surface area (Å²) in [5, 5.41) is 14.9. The van der Waals surface area contributed by atoms with Crippen LogP contribution in [0.3, 0.4) is 0 Å². The van der Waals surface area contributed by atoms with Crippen LogP contribution in [-0.2, 0) is 6.54 Å². The first-order chi connectivity index (χ1) is 9.33. The molecule has 0 radical (unpaired) electrons. The summed E-state index contributed by atoms with van der Waals surface area (Å²) < 4.78 is 5.51. The normalized spacial score (nSPS) is 11.7. The molecule has 0 aliphatic carbocycles. The predicted molar refractivity (Wildman–Crippen MR) is 80.4 cm³/mol. The molecule has 20 heavy (non-hydrogen) atoms. The Morgan fingerprint density at radius 2 is 2.00 bits per heavy atom. The number of anilines is 2. The van der Waals surface area contributed by atoms with Gasteiger partial charge in [0.25, 0.3) is 0 Å². The third-order valence-electron chi connectivity index (χ3n) is 2.60. The summed E-state index contributed by atoms with van der Waals surface area (Å²) in [5.74, 6) is 0.533. The second-order valence-electron chi connectivity index (χ2n) is 5.71. The van der Waals surface area contributed by atoms with Gasteiger partial charge in [0.1, 0.15) is 0 Å². The van der Waals surface area contributed by atoms with E-state index in [1.54, 1.807) is 0 Å². The van der Waals surface area contributed by atoms with Crippen molar-refractivity contribution in [2.75, 3.05) is 5.32 Å². The van der Waals surface area contributed by atoms with Gasteiger partial charge < -0.3 is 15.1 Å². The molecule has 5 nitrogen and oxygen atoms in total. The fourth-order valence-electron chi connectivity index (χ4n) is 1.55. The van der Waals surface area contributed by atoms with E-state index in [9.17, 15) is 0 Å². The lowest BCUT2D eigenvalue weighted by Gasteiger charge is -2.18. The van der Waals surface area contributed by atoms with E-state index in [0.717, 1.165) is 11.3 Å². The van der Waals surface area contributed by atoms with Gasteiger partial charge in [-0.05, 0) is 45.4 Å². The summed E-state index contributed by atoms with van der Waals surface area (Å²) in [6, 6.07) is 6.06. The Morgan fingerprint density at radius 1 is 1.25 bits per heavy atom. The Labute approximate surface area is 123 Å². The van der Waals surface area contributed by atoms with Crippen LogP contribution in [0.15, 0.2) is 22.6 Å². The zero-order chi connectivity index (χ0) is 14.8. The molecule has 0 saturated carbocycles. The highest BCUT2D eigenvalue weighted by Gasteiger charge is 2.12. The van der Waals surface area contributed by atoms with Crippen molar-refractivity contribution in [2.24, 2.45) is 0 Å². The first-order valence-electron chi connectivity index (χ1n) is 6.44. The van der Waals surface area contributed by atoms with Crippen LogP contribution in [0.4, 0.5) is 11.7 Å². The van der Waals surface area contributed by atoms with Crippen LogP contribution in [-0.4, -0.2) is 15.7 Å². The molecule has 2 aromatic rings. The monoisotopic (exact) mass is 294 g/mol. The third-order valence-corrected chi connectivity index (χ3v) is 2.92. The fourth-order valence-corrected chi connectivity index (χ4v) is 1.84. The topological polar surface area (TPSA) is 63.0 Å². The summed E-state index contributed by atoms with van der Waals surface area (Å²) in [6.07, 6.45) is 0. The lowest BCUT2D eigenvalue weighted by molar-refractivity contribution is 0.384. The Morgan fingerprint density at radius 3 is 2.65 bits per heavy atom. The summed E-state index contributed by atoms with van der Waals surface area (Å²) in [5.41, 5.74) is 1.85. The van der Waals surface area contributed by atoms with Crippen molar-refractivity contribution >= 4 is 23.3 Å². The van der Waals surface area contributed by atoms with Crippen LogP contribution in [0.1, 0.15) is 32.2 Å². The maximum Gasteiger partial charge on any atom is 0.320 e. The van der Waals surface area contributed by atoms with Gasteiger partial charge in [0, 0.05) is 5.54 Å². The largest absolute Gasteiger partial charge is 0.406 e. The number of nitrogens with one attached hydrogen (secondary N) is 2. The maximum absolute atomic E-state index is 6.14. The first-order valence-corrected chi connectivity index (χ1v) is 6.82. The molecule has 0 aliphatic heterocycles. The van der Waals surface area contributed by atoms with E-state index in [4.69, 9.17) is 16.0 Å². The standard InChI is InChI=1S/C14H19ClN4O/c1-9-5-6-11(10(15)7-9)17-13-19-18-12(20-13)8-16-14(2,3)4/h5-7,16H,8H2,1-4H3,(H,17,19). The molecule has 0 spiro atoms. The highest BCUT2D eigenvalue weighted by molar-refractivity contribution is 6.33. The number of hydrogen-bond donors (Lipinski definition) is 2. The number of benzene rings is 1. The zero-order valence-corrected chi connectivity index (χ0v) is 12.9. The Hall–Kier alpha value is -1.59. The summed E-state index contributed by atoms with van der Waals surface area (Å²) in [7, 11) is 0. The molecule has 0 unspecified atom stereocenters. The summed E-state index contributed by atoms with van der Waals surface area (Å²) in [4.78, 5) is 0. The van der Waals surface area contributed by atoms with E-state index in [0.29, 0.717) is 23.5 Å². The highest BCUT2D eigenvalue weighted by atomic mass is 35.5. The van der Waals surface area contributed by atoms with Crippen LogP contribution in [0.5, 0.6) is 0 Å². The van der Waals surface area contributed by atoms with Crippen LogP contribution < -0.4 is 10.6 Å². The second kappa shape index (κ2) is 5.81. The van der Waals surface area contributed by atoms with Crippen LogP contribution in [0.2, 0.25) is 5.02 Å². The molecule has 0 amide bonds. The lowest BCUT2D eigenvalue weighted by atomic mass is 10.1. The SMILES string of the molecule is Cc1ccc(Nc2nnc(CNC(C)(C)C)o2)c(Cl)c1. The molecule has 0 saturated heterocycles. The average Bonchev–Trinajstić information content (AvgIpc) is 2.77. The molecule has 0 aliphatic rings. The van der Waals surface area contributed by atoms with E-state index in [-0.39, 0.29) is 5.54 Å². The van der Waals surface area contributed by atoms with Gasteiger partial charge in [0.05, 0.1) is 17.3 Å². The Bertz CT molecular complexity index is 589. The zero-order valence-electron chi connectivity index (χ0n) is 12.1. The molecule has 108 valence electrons. The number of aryl methyl sites for hydroxylation is 1. The van der Waals surface area contributed by atoms with Crippen molar-refractivity contribution in [3.63, 3.8) is 0 Å². The van der Waals surface area contributed by atoms with E-state index >= 15 is 0 Å². The van der Waals surface area contributed by atoms with Crippen molar-refractivity contribution in [3.05, 3.63) is 34.7 Å². The minimum Gasteiger partial charge on any atom is -0.406 e. The lowest BCUT2D eigenvalue weighted by Crippen LogP contribution is -2.35. The van der Waals surface area contributed by atoms with Crippen molar-refractivity contribution in [3.8, 4) is 0 Å². The molecule has 1 aromatic heterocycles. The van der Waals surface area contributed by atoms with Crippen molar-refractivity contribution < 1.29 is 4.42 Å². The maximum atomic E-state index is 6.14. The van der Waals surface area contributed by atoms with Crippen molar-refractivity contribution in [1.82, 2.24) is 15.5 Å². The van der Waals surface area contributed by atoms with Crippen LogP contribution in [0.25, 0.3) is 0 Å². The molecule has 0 fully saturated rings. The van der Waals surface area contributed by atoms with Crippen LogP contribution in [0, 0.1) is 6.92 Å². The first kappa shape index (κ1) is 14.8. The Kier molecular flexibility index (Phi) is 4.30. The average molecular weight is 295 g/mol. The smallest absolute Gasteiger partial charge is 0.320 e. The molecule has 0 bridgehead atoms. The Balaban J connectivity index is 2.02.